The van der Waals surface area contributed by atoms with E-state index in [0.29, 0.717) is 23.7 Å². The third kappa shape index (κ3) is 3.17. The quantitative estimate of drug-likeness (QED) is 0.313. The minimum atomic E-state index is -0.578. The Morgan fingerprint density at radius 2 is 1.61 bits per heavy atom. The van der Waals surface area contributed by atoms with Gasteiger partial charge in [0, 0.05) is 12.3 Å². The number of aliphatic carboxylic acids is 1. The zero-order valence-electron chi connectivity index (χ0n) is 24.1. The van der Waals surface area contributed by atoms with E-state index in [9.17, 15) is 14.7 Å². The third-order valence-corrected chi connectivity index (χ3v) is 13.7. The highest BCUT2D eigenvalue weighted by atomic mass is 16.5. The molecule has 0 aromatic heterocycles. The number of carboxylic acids is 1. The minimum absolute atomic E-state index is 0.00171. The van der Waals surface area contributed by atoms with Crippen molar-refractivity contribution in [1.82, 2.24) is 0 Å². The molecule has 4 heteroatoms. The summed E-state index contributed by atoms with van der Waals surface area (Å²) in [5.41, 5.74) is 1.30. The lowest BCUT2D eigenvalue weighted by atomic mass is 9.33. The van der Waals surface area contributed by atoms with Crippen LogP contribution in [0.15, 0.2) is 11.6 Å². The van der Waals surface area contributed by atoms with Gasteiger partial charge in [-0.25, -0.2) is 0 Å². The molecule has 4 nitrogen and oxygen atoms in total. The Hall–Kier alpha value is -1.32. The van der Waals surface area contributed by atoms with Crippen LogP contribution in [0.2, 0.25) is 0 Å². The van der Waals surface area contributed by atoms with Crippen LogP contribution in [0.25, 0.3) is 0 Å². The number of ether oxygens (including phenoxy) is 1. The summed E-state index contributed by atoms with van der Waals surface area (Å²) in [6.07, 6.45) is 11.7. The summed E-state index contributed by atoms with van der Waals surface area (Å²) < 4.78 is 5.88. The first-order valence-electron chi connectivity index (χ1n) is 14.8. The number of hydrogen-bond acceptors (Lipinski definition) is 3. The Morgan fingerprint density at radius 3 is 2.25 bits per heavy atom. The third-order valence-electron chi connectivity index (χ3n) is 13.7. The molecule has 1 N–H and O–H groups in total. The van der Waals surface area contributed by atoms with Gasteiger partial charge in [0.1, 0.15) is 6.10 Å². The molecule has 0 amide bonds. The molecule has 0 aromatic rings. The van der Waals surface area contributed by atoms with E-state index >= 15 is 0 Å². The summed E-state index contributed by atoms with van der Waals surface area (Å²) in [5.74, 6) is 1.53. The standard InChI is InChI=1S/C32H50O4/c1-19-11-16-32(27(34)35)18-17-30(7)22(26(32)20(19)2)9-10-24-29(6)14-13-25(36-21(3)33)28(4,5)23(29)12-15-31(24,30)8/h9,19-20,23-26H,10-18H2,1-8H3,(H,34,35)/t19-,20-,23-,24-,25-,26+,29-,30-,31-,32-/m1/s1. The van der Waals surface area contributed by atoms with Crippen molar-refractivity contribution < 1.29 is 19.4 Å². The largest absolute Gasteiger partial charge is 0.481 e. The molecule has 202 valence electrons. The molecule has 4 fully saturated rings. The fourth-order valence-electron chi connectivity index (χ4n) is 11.2. The van der Waals surface area contributed by atoms with Crippen molar-refractivity contribution in [3.8, 4) is 0 Å². The van der Waals surface area contributed by atoms with Crippen molar-refractivity contribution >= 4 is 11.9 Å². The molecular formula is C32H50O4. The number of carbonyl (C=O) groups is 2. The first kappa shape index (κ1) is 26.3. The van der Waals surface area contributed by atoms with Gasteiger partial charge in [0.05, 0.1) is 5.41 Å². The van der Waals surface area contributed by atoms with Gasteiger partial charge in [0.2, 0.25) is 0 Å². The molecule has 0 heterocycles. The van der Waals surface area contributed by atoms with Gasteiger partial charge in [-0.3, -0.25) is 9.59 Å². The summed E-state index contributed by atoms with van der Waals surface area (Å²) in [6, 6.07) is 0. The molecule has 5 aliphatic carbocycles. The lowest BCUT2D eigenvalue weighted by Gasteiger charge is -2.71. The second kappa shape index (κ2) is 8.09. The first-order chi connectivity index (χ1) is 16.6. The molecule has 0 radical (unpaired) electrons. The smallest absolute Gasteiger partial charge is 0.310 e. The molecule has 5 rings (SSSR count). The maximum Gasteiger partial charge on any atom is 0.310 e. The highest BCUT2D eigenvalue weighted by Crippen LogP contribution is 2.75. The van der Waals surface area contributed by atoms with Crippen molar-refractivity contribution in [2.45, 2.75) is 119 Å². The summed E-state index contributed by atoms with van der Waals surface area (Å²) in [6.45, 7) is 18.5. The lowest BCUT2D eigenvalue weighted by Crippen LogP contribution is -2.65. The summed E-state index contributed by atoms with van der Waals surface area (Å²) >= 11 is 0. The molecule has 10 atom stereocenters. The molecular weight excluding hydrogens is 448 g/mol. The number of carbonyl (C=O) groups excluding carboxylic acids is 1. The van der Waals surface area contributed by atoms with Crippen LogP contribution in [0, 0.1) is 56.7 Å². The Morgan fingerprint density at radius 1 is 0.917 bits per heavy atom. The average molecular weight is 499 g/mol. The van der Waals surface area contributed by atoms with Crippen molar-refractivity contribution in [2.24, 2.45) is 56.7 Å². The number of allylic oxidation sites excluding steroid dienone is 2. The van der Waals surface area contributed by atoms with E-state index in [0.717, 1.165) is 51.4 Å². The molecule has 0 bridgehead atoms. The van der Waals surface area contributed by atoms with E-state index in [1.807, 2.05) is 0 Å². The molecule has 36 heavy (non-hydrogen) atoms. The second-order valence-corrected chi connectivity index (χ2v) is 15.1. The maximum absolute atomic E-state index is 12.9. The minimum Gasteiger partial charge on any atom is -0.481 e. The first-order valence-corrected chi connectivity index (χ1v) is 14.8. The van der Waals surface area contributed by atoms with E-state index in [4.69, 9.17) is 4.74 Å². The molecule has 4 saturated carbocycles. The Labute approximate surface area is 219 Å². The number of fused-ring (bicyclic) bond motifs is 7. The van der Waals surface area contributed by atoms with Gasteiger partial charge >= 0.3 is 11.9 Å². The Balaban J connectivity index is 1.56. The number of carboxylic acid groups (broad SMARTS) is 1. The summed E-state index contributed by atoms with van der Waals surface area (Å²) in [7, 11) is 0. The number of hydrogen-bond donors (Lipinski definition) is 1. The van der Waals surface area contributed by atoms with Crippen LogP contribution in [0.5, 0.6) is 0 Å². The SMILES string of the molecule is CC(=O)O[C@@H]1CC[C@]2(C)[C@H](CC[C@]3(C)[C@@H]2CC=C2[C@@H]4[C@H](C)[C@H](C)CC[C@@]4(C(=O)O)CC[C@]23C)C1(C)C. The van der Waals surface area contributed by atoms with E-state index in [1.54, 1.807) is 6.92 Å². The predicted molar refractivity (Wildman–Crippen MR) is 142 cm³/mol. The van der Waals surface area contributed by atoms with Gasteiger partial charge in [0.25, 0.3) is 0 Å². The summed E-state index contributed by atoms with van der Waals surface area (Å²) in [4.78, 5) is 24.7. The van der Waals surface area contributed by atoms with Crippen LogP contribution in [-0.2, 0) is 14.3 Å². The Bertz CT molecular complexity index is 981. The zero-order valence-corrected chi connectivity index (χ0v) is 24.1. The highest BCUT2D eigenvalue weighted by Gasteiger charge is 2.69. The van der Waals surface area contributed by atoms with Gasteiger partial charge in [-0.1, -0.05) is 60.1 Å². The van der Waals surface area contributed by atoms with E-state index in [2.05, 4.69) is 54.5 Å². The van der Waals surface area contributed by atoms with Crippen LogP contribution in [0.1, 0.15) is 113 Å². The average Bonchev–Trinajstić information content (AvgIpc) is 2.78. The topological polar surface area (TPSA) is 63.6 Å². The monoisotopic (exact) mass is 498 g/mol. The van der Waals surface area contributed by atoms with Crippen LogP contribution in [0.3, 0.4) is 0 Å². The van der Waals surface area contributed by atoms with Gasteiger partial charge < -0.3 is 9.84 Å². The van der Waals surface area contributed by atoms with E-state index in [-0.39, 0.29) is 39.7 Å². The number of esters is 1. The van der Waals surface area contributed by atoms with Crippen LogP contribution >= 0.6 is 0 Å². The fourth-order valence-corrected chi connectivity index (χ4v) is 11.2. The molecule has 0 unspecified atom stereocenters. The van der Waals surface area contributed by atoms with Crippen molar-refractivity contribution in [3.63, 3.8) is 0 Å². The van der Waals surface area contributed by atoms with Gasteiger partial charge in [0.15, 0.2) is 0 Å². The molecule has 0 aromatic carbocycles. The van der Waals surface area contributed by atoms with Crippen LogP contribution in [-0.4, -0.2) is 23.1 Å². The Kier molecular flexibility index (Phi) is 5.91. The van der Waals surface area contributed by atoms with Crippen molar-refractivity contribution in [1.29, 1.82) is 0 Å². The second-order valence-electron chi connectivity index (χ2n) is 15.1. The van der Waals surface area contributed by atoms with Gasteiger partial charge in [-0.2, -0.15) is 0 Å². The zero-order chi connectivity index (χ0) is 26.5. The predicted octanol–water partition coefficient (Wildman–Crippen LogP) is 7.66. The maximum atomic E-state index is 12.9. The highest BCUT2D eigenvalue weighted by molar-refractivity contribution is 5.76. The van der Waals surface area contributed by atoms with Gasteiger partial charge in [-0.05, 0) is 104 Å². The molecule has 0 saturated heterocycles. The number of rotatable bonds is 2. The van der Waals surface area contributed by atoms with Gasteiger partial charge in [-0.15, -0.1) is 0 Å². The van der Waals surface area contributed by atoms with E-state index < -0.39 is 11.4 Å². The van der Waals surface area contributed by atoms with Crippen molar-refractivity contribution in [3.05, 3.63) is 11.6 Å². The van der Waals surface area contributed by atoms with Crippen LogP contribution in [0.4, 0.5) is 0 Å². The normalized spacial score (nSPS) is 51.5. The summed E-state index contributed by atoms with van der Waals surface area (Å²) in [5, 5.41) is 10.6. The lowest BCUT2D eigenvalue weighted by molar-refractivity contribution is -0.214. The molecule has 5 aliphatic rings. The van der Waals surface area contributed by atoms with Crippen molar-refractivity contribution in [2.75, 3.05) is 0 Å². The fraction of sp³-hybridized carbons (Fsp3) is 0.875. The molecule has 0 spiro atoms. The molecule has 0 aliphatic heterocycles. The van der Waals surface area contributed by atoms with Crippen LogP contribution < -0.4 is 0 Å². The van der Waals surface area contributed by atoms with E-state index in [1.165, 1.54) is 12.0 Å².